The highest BCUT2D eigenvalue weighted by atomic mass is 35.5. The molecule has 1 aliphatic rings. The lowest BCUT2D eigenvalue weighted by Crippen LogP contribution is -2.57. The van der Waals surface area contributed by atoms with Gasteiger partial charge in [0.25, 0.3) is 0 Å². The summed E-state index contributed by atoms with van der Waals surface area (Å²) in [6.07, 6.45) is 0. The molecule has 1 aromatic rings. The molecule has 3 N–H and O–H groups in total. The Bertz CT molecular complexity index is 407. The predicted octanol–water partition coefficient (Wildman–Crippen LogP) is 2.09. The maximum absolute atomic E-state index is 11.5. The first-order valence-electron chi connectivity index (χ1n) is 4.88. The Hall–Kier alpha value is -0.970. The minimum atomic E-state index is -0.268. The maximum atomic E-state index is 11.5. The summed E-state index contributed by atoms with van der Waals surface area (Å²) in [6, 6.07) is 4.85. The second-order valence-corrected chi connectivity index (χ2v) is 4.42. The molecule has 4 nitrogen and oxygen atoms in total. The van der Waals surface area contributed by atoms with Gasteiger partial charge in [0.1, 0.15) is 0 Å². The van der Waals surface area contributed by atoms with E-state index in [0.29, 0.717) is 15.7 Å². The number of halogens is 2. The molecule has 0 aromatic heterocycles. The van der Waals surface area contributed by atoms with Crippen LogP contribution in [0.2, 0.25) is 10.0 Å². The molecule has 1 fully saturated rings. The molecule has 0 saturated carbocycles. The van der Waals surface area contributed by atoms with Gasteiger partial charge in [0, 0.05) is 18.1 Å². The summed E-state index contributed by atoms with van der Waals surface area (Å²) >= 11 is 11.7. The SMILES string of the molecule is O=C(Nc1cc(Cl)ccc1Cl)NC1CNC1. The zero-order chi connectivity index (χ0) is 11.5. The molecule has 86 valence electrons. The molecule has 16 heavy (non-hydrogen) atoms. The van der Waals surface area contributed by atoms with Gasteiger partial charge in [0.2, 0.25) is 0 Å². The third-order valence-electron chi connectivity index (χ3n) is 2.29. The number of benzene rings is 1. The van der Waals surface area contributed by atoms with E-state index in [1.807, 2.05) is 0 Å². The molecule has 2 amide bonds. The quantitative estimate of drug-likeness (QED) is 0.762. The van der Waals surface area contributed by atoms with Crippen LogP contribution in [0.15, 0.2) is 18.2 Å². The van der Waals surface area contributed by atoms with E-state index >= 15 is 0 Å². The third-order valence-corrected chi connectivity index (χ3v) is 2.86. The third kappa shape index (κ3) is 2.78. The molecule has 0 radical (unpaired) electrons. The van der Waals surface area contributed by atoms with Gasteiger partial charge in [0.05, 0.1) is 16.8 Å². The standard InChI is InChI=1S/C10H11Cl2N3O/c11-6-1-2-8(12)9(3-6)15-10(16)14-7-4-13-5-7/h1-3,7,13H,4-5H2,(H2,14,15,16). The van der Waals surface area contributed by atoms with Crippen LogP contribution in [-0.4, -0.2) is 25.2 Å². The summed E-state index contributed by atoms with van der Waals surface area (Å²) in [7, 11) is 0. The largest absolute Gasteiger partial charge is 0.333 e. The van der Waals surface area contributed by atoms with E-state index in [0.717, 1.165) is 13.1 Å². The van der Waals surface area contributed by atoms with Gasteiger partial charge in [-0.1, -0.05) is 23.2 Å². The van der Waals surface area contributed by atoms with Gasteiger partial charge in [-0.2, -0.15) is 0 Å². The fourth-order valence-electron chi connectivity index (χ4n) is 1.33. The Kier molecular flexibility index (Phi) is 3.53. The minimum Gasteiger partial charge on any atom is -0.333 e. The number of anilines is 1. The summed E-state index contributed by atoms with van der Waals surface area (Å²) in [5.74, 6) is 0. The van der Waals surface area contributed by atoms with Crippen LogP contribution in [0, 0.1) is 0 Å². The molecule has 0 spiro atoms. The number of urea groups is 1. The van der Waals surface area contributed by atoms with Crippen LogP contribution >= 0.6 is 23.2 Å². The van der Waals surface area contributed by atoms with Crippen LogP contribution in [-0.2, 0) is 0 Å². The lowest BCUT2D eigenvalue weighted by molar-refractivity contribution is 0.243. The number of carbonyl (C=O) groups excluding carboxylic acids is 1. The van der Waals surface area contributed by atoms with Crippen molar-refractivity contribution in [2.24, 2.45) is 0 Å². The van der Waals surface area contributed by atoms with Crippen LogP contribution in [0.1, 0.15) is 0 Å². The van der Waals surface area contributed by atoms with E-state index in [9.17, 15) is 4.79 Å². The van der Waals surface area contributed by atoms with Crippen molar-refractivity contribution < 1.29 is 4.79 Å². The average Bonchev–Trinajstić information content (AvgIpc) is 2.18. The summed E-state index contributed by atoms with van der Waals surface area (Å²) in [4.78, 5) is 11.5. The lowest BCUT2D eigenvalue weighted by atomic mass is 10.2. The monoisotopic (exact) mass is 259 g/mol. The number of amides is 2. The van der Waals surface area contributed by atoms with Crippen molar-refractivity contribution in [2.45, 2.75) is 6.04 Å². The summed E-state index contributed by atoms with van der Waals surface area (Å²) < 4.78 is 0. The Morgan fingerprint density at radius 3 is 2.75 bits per heavy atom. The molecule has 0 bridgehead atoms. The van der Waals surface area contributed by atoms with Crippen LogP contribution in [0.5, 0.6) is 0 Å². The van der Waals surface area contributed by atoms with E-state index in [2.05, 4.69) is 16.0 Å². The van der Waals surface area contributed by atoms with Gasteiger partial charge in [-0.15, -0.1) is 0 Å². The second-order valence-electron chi connectivity index (χ2n) is 3.58. The van der Waals surface area contributed by atoms with Crippen molar-refractivity contribution in [2.75, 3.05) is 18.4 Å². The topological polar surface area (TPSA) is 53.2 Å². The lowest BCUT2D eigenvalue weighted by Gasteiger charge is -2.27. The summed E-state index contributed by atoms with van der Waals surface area (Å²) in [6.45, 7) is 1.60. The molecular weight excluding hydrogens is 249 g/mol. The molecule has 6 heteroatoms. The highest BCUT2D eigenvalue weighted by Gasteiger charge is 2.18. The zero-order valence-corrected chi connectivity index (χ0v) is 9.90. The highest BCUT2D eigenvalue weighted by Crippen LogP contribution is 2.25. The average molecular weight is 260 g/mol. The number of rotatable bonds is 2. The van der Waals surface area contributed by atoms with E-state index in [-0.39, 0.29) is 12.1 Å². The van der Waals surface area contributed by atoms with E-state index in [4.69, 9.17) is 23.2 Å². The number of nitrogens with one attached hydrogen (secondary N) is 3. The smallest absolute Gasteiger partial charge is 0.319 e. The zero-order valence-electron chi connectivity index (χ0n) is 8.39. The van der Waals surface area contributed by atoms with Crippen molar-refractivity contribution >= 4 is 34.9 Å². The van der Waals surface area contributed by atoms with Gasteiger partial charge in [-0.05, 0) is 18.2 Å². The normalized spacial score (nSPS) is 15.4. The molecule has 1 saturated heterocycles. The summed E-state index contributed by atoms with van der Waals surface area (Å²) in [5, 5.41) is 9.51. The molecule has 0 aliphatic carbocycles. The van der Waals surface area contributed by atoms with Crippen molar-refractivity contribution in [3.05, 3.63) is 28.2 Å². The van der Waals surface area contributed by atoms with Crippen LogP contribution in [0.3, 0.4) is 0 Å². The van der Waals surface area contributed by atoms with Crippen molar-refractivity contribution in [1.82, 2.24) is 10.6 Å². The maximum Gasteiger partial charge on any atom is 0.319 e. The van der Waals surface area contributed by atoms with Gasteiger partial charge in [0.15, 0.2) is 0 Å². The van der Waals surface area contributed by atoms with E-state index < -0.39 is 0 Å². The van der Waals surface area contributed by atoms with E-state index in [1.54, 1.807) is 18.2 Å². The van der Waals surface area contributed by atoms with Gasteiger partial charge >= 0.3 is 6.03 Å². The Morgan fingerprint density at radius 2 is 2.12 bits per heavy atom. The van der Waals surface area contributed by atoms with Gasteiger partial charge in [-0.25, -0.2) is 4.79 Å². The summed E-state index contributed by atoms with van der Waals surface area (Å²) in [5.41, 5.74) is 0.513. The molecule has 1 aliphatic heterocycles. The fourth-order valence-corrected chi connectivity index (χ4v) is 1.66. The Morgan fingerprint density at radius 1 is 1.38 bits per heavy atom. The van der Waals surface area contributed by atoms with Gasteiger partial charge < -0.3 is 16.0 Å². The highest BCUT2D eigenvalue weighted by molar-refractivity contribution is 6.35. The fraction of sp³-hybridized carbons (Fsp3) is 0.300. The molecular formula is C10H11Cl2N3O. The molecule has 1 aromatic carbocycles. The Balaban J connectivity index is 1.96. The van der Waals surface area contributed by atoms with Gasteiger partial charge in [-0.3, -0.25) is 0 Å². The first kappa shape index (κ1) is 11.5. The first-order chi connectivity index (χ1) is 7.65. The number of hydrogen-bond acceptors (Lipinski definition) is 2. The Labute approximate surface area is 103 Å². The molecule has 2 rings (SSSR count). The first-order valence-corrected chi connectivity index (χ1v) is 5.64. The van der Waals surface area contributed by atoms with Crippen LogP contribution in [0.4, 0.5) is 10.5 Å². The second kappa shape index (κ2) is 4.91. The minimum absolute atomic E-state index is 0.193. The molecule has 0 unspecified atom stereocenters. The molecule has 0 atom stereocenters. The van der Waals surface area contributed by atoms with Crippen molar-refractivity contribution in [3.63, 3.8) is 0 Å². The van der Waals surface area contributed by atoms with Crippen molar-refractivity contribution in [1.29, 1.82) is 0 Å². The van der Waals surface area contributed by atoms with E-state index in [1.165, 1.54) is 0 Å². The molecule has 1 heterocycles. The van der Waals surface area contributed by atoms with Crippen molar-refractivity contribution in [3.8, 4) is 0 Å². The van der Waals surface area contributed by atoms with Crippen LogP contribution in [0.25, 0.3) is 0 Å². The number of hydrogen-bond donors (Lipinski definition) is 3. The predicted molar refractivity (Wildman–Crippen MR) is 65.3 cm³/mol. The van der Waals surface area contributed by atoms with Crippen LogP contribution < -0.4 is 16.0 Å². The number of carbonyl (C=O) groups is 1.